The highest BCUT2D eigenvalue weighted by Gasteiger charge is 2.21. The Kier molecular flexibility index (Phi) is 5.84. The van der Waals surface area contributed by atoms with Crippen LogP contribution >= 0.6 is 11.3 Å². The van der Waals surface area contributed by atoms with Gasteiger partial charge in [-0.1, -0.05) is 12.1 Å². The molecule has 7 heteroatoms. The largest absolute Gasteiger partial charge is 0.488 e. The molecule has 1 saturated carbocycles. The third-order valence-corrected chi connectivity index (χ3v) is 6.77. The van der Waals surface area contributed by atoms with E-state index in [1.54, 1.807) is 11.3 Å². The molecule has 0 amide bonds. The molecular weight excluding hydrogens is 398 g/mol. The molecule has 30 heavy (non-hydrogen) atoms. The van der Waals surface area contributed by atoms with Crippen molar-refractivity contribution in [3.8, 4) is 5.75 Å². The van der Waals surface area contributed by atoms with Crippen LogP contribution < -0.4 is 10.1 Å². The Labute approximate surface area is 180 Å². The van der Waals surface area contributed by atoms with E-state index in [-0.39, 0.29) is 12.2 Å². The number of fused-ring (bicyclic) bond motifs is 1. The molecule has 1 aliphatic heterocycles. The fourth-order valence-electron chi connectivity index (χ4n) is 4.17. The van der Waals surface area contributed by atoms with Crippen LogP contribution in [0.2, 0.25) is 0 Å². The van der Waals surface area contributed by atoms with Gasteiger partial charge in [0.2, 0.25) is 0 Å². The number of aliphatic hydroxyl groups excluding tert-OH is 1. The molecule has 6 nitrogen and oxygen atoms in total. The Bertz CT molecular complexity index is 977. The summed E-state index contributed by atoms with van der Waals surface area (Å²) in [6, 6.07) is 10.6. The maximum absolute atomic E-state index is 9.77. The number of anilines is 1. The van der Waals surface area contributed by atoms with E-state index in [2.05, 4.69) is 28.9 Å². The standard InChI is InChI=1S/C23H27N3O3S/c27-17-5-3-16(4-6-17)24-23-22-20(10-12-30-22)25-21(26-23)13-15-1-7-18(8-2-15)29-19-9-11-28-14-19/h1-2,7-8,10,12,16-17,19,27H,3-6,9,11,13-14H2,(H,24,25,26). The van der Waals surface area contributed by atoms with E-state index < -0.39 is 0 Å². The fraction of sp³-hybridized carbons (Fsp3) is 0.478. The van der Waals surface area contributed by atoms with Crippen LogP contribution in [0.3, 0.4) is 0 Å². The molecule has 1 atom stereocenters. The van der Waals surface area contributed by atoms with E-state index >= 15 is 0 Å². The summed E-state index contributed by atoms with van der Waals surface area (Å²) in [6.07, 6.45) is 5.29. The average molecular weight is 426 g/mol. The summed E-state index contributed by atoms with van der Waals surface area (Å²) in [5, 5.41) is 15.5. The molecular formula is C23H27N3O3S. The molecule has 158 valence electrons. The highest BCUT2D eigenvalue weighted by molar-refractivity contribution is 7.17. The van der Waals surface area contributed by atoms with Gasteiger partial charge in [-0.25, -0.2) is 9.97 Å². The number of benzene rings is 1. The summed E-state index contributed by atoms with van der Waals surface area (Å²) >= 11 is 1.67. The Balaban J connectivity index is 1.30. The first-order valence-electron chi connectivity index (χ1n) is 10.7. The van der Waals surface area contributed by atoms with Crippen LogP contribution in [0.4, 0.5) is 5.82 Å². The minimum absolute atomic E-state index is 0.154. The van der Waals surface area contributed by atoms with Gasteiger partial charge in [0.15, 0.2) is 0 Å². The van der Waals surface area contributed by atoms with Crippen molar-refractivity contribution in [3.63, 3.8) is 0 Å². The summed E-state index contributed by atoms with van der Waals surface area (Å²) < 4.78 is 12.4. The molecule has 1 aromatic carbocycles. The van der Waals surface area contributed by atoms with Gasteiger partial charge in [0.1, 0.15) is 23.5 Å². The maximum Gasteiger partial charge on any atom is 0.148 e. The van der Waals surface area contributed by atoms with Crippen molar-refractivity contribution in [1.29, 1.82) is 0 Å². The SMILES string of the molecule is OC1CCC(Nc2nc(Cc3ccc(OC4CCOC4)cc3)nc3ccsc23)CC1. The van der Waals surface area contributed by atoms with Crippen LogP contribution in [0.5, 0.6) is 5.75 Å². The molecule has 5 rings (SSSR count). The predicted molar refractivity (Wildman–Crippen MR) is 118 cm³/mol. The van der Waals surface area contributed by atoms with E-state index in [4.69, 9.17) is 19.4 Å². The number of aliphatic hydroxyl groups is 1. The van der Waals surface area contributed by atoms with Crippen LogP contribution in [0.15, 0.2) is 35.7 Å². The first kappa shape index (κ1) is 19.7. The van der Waals surface area contributed by atoms with Gasteiger partial charge in [0, 0.05) is 18.9 Å². The minimum Gasteiger partial charge on any atom is -0.488 e. The monoisotopic (exact) mass is 425 g/mol. The highest BCUT2D eigenvalue weighted by Crippen LogP contribution is 2.30. The zero-order valence-corrected chi connectivity index (χ0v) is 17.7. The Morgan fingerprint density at radius 2 is 1.90 bits per heavy atom. The van der Waals surface area contributed by atoms with Gasteiger partial charge in [0.25, 0.3) is 0 Å². The molecule has 2 aromatic heterocycles. The molecule has 0 spiro atoms. The topological polar surface area (TPSA) is 76.5 Å². The Morgan fingerprint density at radius 3 is 2.67 bits per heavy atom. The lowest BCUT2D eigenvalue weighted by molar-refractivity contribution is 0.126. The van der Waals surface area contributed by atoms with E-state index in [9.17, 15) is 5.11 Å². The molecule has 1 aliphatic carbocycles. The number of nitrogens with zero attached hydrogens (tertiary/aromatic N) is 2. The van der Waals surface area contributed by atoms with Gasteiger partial charge in [0.05, 0.1) is 29.5 Å². The van der Waals surface area contributed by atoms with Gasteiger partial charge in [-0.3, -0.25) is 0 Å². The van der Waals surface area contributed by atoms with Crippen molar-refractivity contribution in [1.82, 2.24) is 9.97 Å². The molecule has 0 radical (unpaired) electrons. The average Bonchev–Trinajstić information content (AvgIpc) is 3.43. The van der Waals surface area contributed by atoms with Crippen molar-refractivity contribution < 1.29 is 14.6 Å². The van der Waals surface area contributed by atoms with Crippen LogP contribution in [-0.4, -0.2) is 46.5 Å². The third-order valence-electron chi connectivity index (χ3n) is 5.86. The molecule has 2 fully saturated rings. The number of nitrogens with one attached hydrogen (secondary N) is 1. The summed E-state index contributed by atoms with van der Waals surface area (Å²) in [5.74, 6) is 2.62. The third kappa shape index (κ3) is 4.58. The number of rotatable bonds is 6. The number of hydrogen-bond acceptors (Lipinski definition) is 7. The fourth-order valence-corrected chi connectivity index (χ4v) is 4.95. The Hall–Kier alpha value is -2.22. The second-order valence-corrected chi connectivity index (χ2v) is 9.11. The summed E-state index contributed by atoms with van der Waals surface area (Å²) in [5.41, 5.74) is 2.15. The molecule has 0 bridgehead atoms. The van der Waals surface area contributed by atoms with Gasteiger partial charge < -0.3 is 19.9 Å². The molecule has 3 aromatic rings. The smallest absolute Gasteiger partial charge is 0.148 e. The van der Waals surface area contributed by atoms with Gasteiger partial charge >= 0.3 is 0 Å². The number of aromatic nitrogens is 2. The number of ether oxygens (including phenoxy) is 2. The normalized spacial score (nSPS) is 24.2. The van der Waals surface area contributed by atoms with Gasteiger partial charge in [-0.2, -0.15) is 0 Å². The zero-order valence-electron chi connectivity index (χ0n) is 16.9. The van der Waals surface area contributed by atoms with E-state index in [0.29, 0.717) is 19.1 Å². The summed E-state index contributed by atoms with van der Waals surface area (Å²) in [4.78, 5) is 9.64. The van der Waals surface area contributed by atoms with Crippen molar-refractivity contribution in [2.24, 2.45) is 0 Å². The van der Waals surface area contributed by atoms with Crippen molar-refractivity contribution in [3.05, 3.63) is 47.1 Å². The van der Waals surface area contributed by atoms with E-state index in [1.165, 1.54) is 0 Å². The van der Waals surface area contributed by atoms with Crippen molar-refractivity contribution in [2.45, 2.75) is 56.8 Å². The minimum atomic E-state index is -0.154. The molecule has 2 N–H and O–H groups in total. The molecule has 1 saturated heterocycles. The lowest BCUT2D eigenvalue weighted by Crippen LogP contribution is -2.28. The second kappa shape index (κ2) is 8.88. The highest BCUT2D eigenvalue weighted by atomic mass is 32.1. The lowest BCUT2D eigenvalue weighted by Gasteiger charge is -2.26. The summed E-state index contributed by atoms with van der Waals surface area (Å²) in [6.45, 7) is 1.45. The van der Waals surface area contributed by atoms with Crippen molar-refractivity contribution in [2.75, 3.05) is 18.5 Å². The second-order valence-electron chi connectivity index (χ2n) is 8.20. The number of hydrogen-bond donors (Lipinski definition) is 2. The first-order chi connectivity index (χ1) is 14.7. The number of thiophene rings is 1. The van der Waals surface area contributed by atoms with Crippen molar-refractivity contribution >= 4 is 27.4 Å². The predicted octanol–water partition coefficient (Wildman–Crippen LogP) is 4.17. The van der Waals surface area contributed by atoms with E-state index in [0.717, 1.165) is 71.9 Å². The van der Waals surface area contributed by atoms with Crippen LogP contribution in [0.1, 0.15) is 43.5 Å². The van der Waals surface area contributed by atoms with E-state index in [1.807, 2.05) is 12.1 Å². The van der Waals surface area contributed by atoms with Crippen LogP contribution in [0, 0.1) is 0 Å². The molecule has 2 aliphatic rings. The molecule has 3 heterocycles. The van der Waals surface area contributed by atoms with Gasteiger partial charge in [-0.15, -0.1) is 11.3 Å². The van der Waals surface area contributed by atoms with Crippen LogP contribution in [0.25, 0.3) is 10.2 Å². The van der Waals surface area contributed by atoms with Gasteiger partial charge in [-0.05, 0) is 54.8 Å². The lowest BCUT2D eigenvalue weighted by atomic mass is 9.93. The Morgan fingerprint density at radius 1 is 1.07 bits per heavy atom. The maximum atomic E-state index is 9.77. The quantitative estimate of drug-likeness (QED) is 0.617. The first-order valence-corrected chi connectivity index (χ1v) is 11.6. The summed E-state index contributed by atoms with van der Waals surface area (Å²) in [7, 11) is 0. The molecule has 1 unspecified atom stereocenters. The zero-order chi connectivity index (χ0) is 20.3. The van der Waals surface area contributed by atoms with Crippen LogP contribution in [-0.2, 0) is 11.2 Å².